The quantitative estimate of drug-likeness (QED) is 0.195. The van der Waals surface area contributed by atoms with E-state index in [0.29, 0.717) is 44.9 Å². The summed E-state index contributed by atoms with van der Waals surface area (Å²) in [5.41, 5.74) is 2.55. The van der Waals surface area contributed by atoms with Crippen molar-refractivity contribution in [1.29, 1.82) is 0 Å². The fourth-order valence-corrected chi connectivity index (χ4v) is 6.57. The molecule has 3 amide bonds. The first-order valence-electron chi connectivity index (χ1n) is 14.5. The first-order valence-corrected chi connectivity index (χ1v) is 16.8. The van der Waals surface area contributed by atoms with Crippen molar-refractivity contribution in [1.82, 2.24) is 18.9 Å². The molecule has 0 unspecified atom stereocenters. The number of aromatic nitrogens is 1. The molecule has 0 atom stereocenters. The van der Waals surface area contributed by atoms with Crippen molar-refractivity contribution in [3.8, 4) is 11.5 Å². The molecule has 0 bridgehead atoms. The van der Waals surface area contributed by atoms with E-state index in [1.807, 2.05) is 42.0 Å². The van der Waals surface area contributed by atoms with Crippen molar-refractivity contribution in [2.45, 2.75) is 32.9 Å². The Hall–Kier alpha value is -4.95. The minimum atomic E-state index is -4.66. The highest BCUT2D eigenvalue weighted by Gasteiger charge is 2.31. The summed E-state index contributed by atoms with van der Waals surface area (Å²) in [6.45, 7) is 1.90. The number of hydrogen-bond donors (Lipinski definition) is 1. The second-order valence-electron chi connectivity index (χ2n) is 10.3. The van der Waals surface area contributed by atoms with Crippen LogP contribution < -0.4 is 14.2 Å². The van der Waals surface area contributed by atoms with Gasteiger partial charge in [0.2, 0.25) is 0 Å². The van der Waals surface area contributed by atoms with E-state index in [9.17, 15) is 22.8 Å². The average molecular weight is 681 g/mol. The van der Waals surface area contributed by atoms with Gasteiger partial charge in [-0.1, -0.05) is 60.7 Å². The number of methoxy groups -OCH3 is 3. The monoisotopic (exact) mass is 680 g/mol. The molecule has 248 valence electrons. The summed E-state index contributed by atoms with van der Waals surface area (Å²) in [4.78, 5) is 45.2. The zero-order valence-corrected chi connectivity index (χ0v) is 28.1. The molecule has 0 saturated carbocycles. The van der Waals surface area contributed by atoms with Gasteiger partial charge in [-0.3, -0.25) is 9.59 Å². The Labute approximate surface area is 278 Å². The molecular weight excluding hydrogens is 645 g/mol. The summed E-state index contributed by atoms with van der Waals surface area (Å²) >= 11 is 1.10. The topological polar surface area (TPSA) is 144 Å². The molecule has 1 N–H and O–H groups in total. The third-order valence-electron chi connectivity index (χ3n) is 7.19. The Kier molecular flexibility index (Phi) is 11.9. The molecule has 0 aliphatic rings. The van der Waals surface area contributed by atoms with E-state index < -0.39 is 22.2 Å². The molecule has 12 nitrogen and oxygen atoms in total. The van der Waals surface area contributed by atoms with Gasteiger partial charge in [0, 0.05) is 23.1 Å². The van der Waals surface area contributed by atoms with Gasteiger partial charge in [0.15, 0.2) is 0 Å². The summed E-state index contributed by atoms with van der Waals surface area (Å²) < 4.78 is 44.1. The van der Waals surface area contributed by atoms with Gasteiger partial charge in [0.1, 0.15) is 22.2 Å². The smallest absolute Gasteiger partial charge is 0.424 e. The molecule has 47 heavy (non-hydrogen) atoms. The zero-order valence-electron chi connectivity index (χ0n) is 26.5. The van der Waals surface area contributed by atoms with Gasteiger partial charge >= 0.3 is 16.3 Å². The van der Waals surface area contributed by atoms with Crippen LogP contribution >= 0.6 is 11.3 Å². The molecular formula is C33H36N4O8S2. The Morgan fingerprint density at radius 3 is 2.04 bits per heavy atom. The van der Waals surface area contributed by atoms with Crippen LogP contribution in [0.15, 0.2) is 78.2 Å². The number of rotatable bonds is 14. The third kappa shape index (κ3) is 9.08. The van der Waals surface area contributed by atoms with Crippen LogP contribution in [-0.4, -0.2) is 68.4 Å². The first kappa shape index (κ1) is 34.9. The lowest BCUT2D eigenvalue weighted by Crippen LogP contribution is -2.46. The lowest BCUT2D eigenvalue weighted by molar-refractivity contribution is 0.0740. The van der Waals surface area contributed by atoms with E-state index in [2.05, 4.69) is 9.72 Å². The van der Waals surface area contributed by atoms with Gasteiger partial charge in [-0.05, 0) is 43.0 Å². The fourth-order valence-electron chi connectivity index (χ4n) is 4.74. The number of carbonyl (C=O) groups is 3. The minimum absolute atomic E-state index is 0.0547. The van der Waals surface area contributed by atoms with Crippen LogP contribution in [0.5, 0.6) is 11.5 Å². The lowest BCUT2D eigenvalue weighted by atomic mass is 10.1. The number of carbonyl (C=O) groups excluding carboxylic acids is 3. The van der Waals surface area contributed by atoms with Crippen molar-refractivity contribution in [3.05, 3.63) is 111 Å². The van der Waals surface area contributed by atoms with Crippen LogP contribution in [0.25, 0.3) is 0 Å². The van der Waals surface area contributed by atoms with Crippen LogP contribution in [0.1, 0.15) is 49.0 Å². The zero-order chi connectivity index (χ0) is 34.0. The predicted molar refractivity (Wildman–Crippen MR) is 177 cm³/mol. The van der Waals surface area contributed by atoms with Crippen LogP contribution in [0.3, 0.4) is 0 Å². The van der Waals surface area contributed by atoms with Crippen LogP contribution in [-0.2, 0) is 34.5 Å². The van der Waals surface area contributed by atoms with E-state index in [-0.39, 0.29) is 24.7 Å². The summed E-state index contributed by atoms with van der Waals surface area (Å²) in [6, 6.07) is 21.6. The number of nitrogens with one attached hydrogen (secondary N) is 1. The predicted octanol–water partition coefficient (Wildman–Crippen LogP) is 4.99. The molecule has 1 aromatic heterocycles. The number of aryl methyl sites for hydroxylation is 1. The van der Waals surface area contributed by atoms with Crippen molar-refractivity contribution < 1.29 is 37.0 Å². The maximum absolute atomic E-state index is 13.9. The second kappa shape index (κ2) is 16.1. The van der Waals surface area contributed by atoms with Crippen molar-refractivity contribution in [3.63, 3.8) is 0 Å². The van der Waals surface area contributed by atoms with Gasteiger partial charge in [-0.15, -0.1) is 11.3 Å². The standard InChI is InChI=1S/C33H36N4O8S2/c1-23-28(43-2)18-26(19-29(23)44-3)32(39)36(17-11-16-24-12-7-5-8-13-24)21-30-34-27(22-46-30)31(38)35-47(41,42)37(33(40)45-4)20-25-14-9-6-10-15-25/h5-10,12-15,18-19,22H,11,16-17,20-21H2,1-4H3,(H,35,38). The molecule has 0 aliphatic heterocycles. The number of thiazole rings is 1. The molecule has 4 rings (SSSR count). The highest BCUT2D eigenvalue weighted by Crippen LogP contribution is 2.30. The van der Waals surface area contributed by atoms with Gasteiger partial charge in [0.05, 0.1) is 34.4 Å². The summed E-state index contributed by atoms with van der Waals surface area (Å²) in [5.74, 6) is -0.336. The van der Waals surface area contributed by atoms with Gasteiger partial charge in [-0.25, -0.2) is 14.5 Å². The summed E-state index contributed by atoms with van der Waals surface area (Å²) in [7, 11) is -0.589. The van der Waals surface area contributed by atoms with E-state index >= 15 is 0 Å². The molecule has 0 radical (unpaired) electrons. The molecule has 1 heterocycles. The number of hydrogen-bond acceptors (Lipinski definition) is 10. The van der Waals surface area contributed by atoms with Crippen molar-refractivity contribution >= 4 is 39.5 Å². The van der Waals surface area contributed by atoms with Crippen molar-refractivity contribution in [2.24, 2.45) is 0 Å². The van der Waals surface area contributed by atoms with E-state index in [4.69, 9.17) is 9.47 Å². The number of benzene rings is 3. The van der Waals surface area contributed by atoms with E-state index in [1.54, 1.807) is 47.4 Å². The van der Waals surface area contributed by atoms with E-state index in [0.717, 1.165) is 36.0 Å². The number of amides is 3. The van der Waals surface area contributed by atoms with Crippen LogP contribution in [0.4, 0.5) is 4.79 Å². The fraction of sp³-hybridized carbons (Fsp3) is 0.273. The van der Waals surface area contributed by atoms with Crippen LogP contribution in [0, 0.1) is 6.92 Å². The lowest BCUT2D eigenvalue weighted by Gasteiger charge is -2.23. The third-order valence-corrected chi connectivity index (χ3v) is 9.33. The van der Waals surface area contributed by atoms with Crippen molar-refractivity contribution in [2.75, 3.05) is 27.9 Å². The molecule has 0 fully saturated rings. The summed E-state index contributed by atoms with van der Waals surface area (Å²) in [5, 5.41) is 1.80. The van der Waals surface area contributed by atoms with E-state index in [1.165, 1.54) is 19.6 Å². The Balaban J connectivity index is 1.53. The SMILES string of the molecule is COC(=O)N(Cc1ccccc1)S(=O)(=O)NC(=O)c1csc(CN(CCCc2ccccc2)C(=O)c2cc(OC)c(C)c(OC)c2)n1. The molecule has 0 saturated heterocycles. The first-order chi connectivity index (χ1) is 22.6. The molecule has 14 heteroatoms. The maximum Gasteiger partial charge on any atom is 0.424 e. The molecule has 0 spiro atoms. The van der Waals surface area contributed by atoms with Gasteiger partial charge in [-0.2, -0.15) is 12.7 Å². The van der Waals surface area contributed by atoms with Crippen LogP contribution in [0.2, 0.25) is 0 Å². The van der Waals surface area contributed by atoms with Gasteiger partial charge < -0.3 is 19.1 Å². The molecule has 4 aromatic rings. The maximum atomic E-state index is 13.9. The summed E-state index contributed by atoms with van der Waals surface area (Å²) in [6.07, 6.45) is 0.216. The molecule has 3 aromatic carbocycles. The number of nitrogens with zero attached hydrogens (tertiary/aromatic N) is 3. The second-order valence-corrected chi connectivity index (χ2v) is 12.9. The molecule has 0 aliphatic carbocycles. The largest absolute Gasteiger partial charge is 0.496 e. The minimum Gasteiger partial charge on any atom is -0.496 e. The highest BCUT2D eigenvalue weighted by atomic mass is 32.2. The normalized spacial score (nSPS) is 11.0. The number of ether oxygens (including phenoxy) is 3. The average Bonchev–Trinajstić information content (AvgIpc) is 3.56. The Bertz CT molecular complexity index is 1770. The Morgan fingerprint density at radius 1 is 0.872 bits per heavy atom. The van der Waals surface area contributed by atoms with Gasteiger partial charge in [0.25, 0.3) is 11.8 Å². The highest BCUT2D eigenvalue weighted by molar-refractivity contribution is 7.88. The Morgan fingerprint density at radius 2 is 1.47 bits per heavy atom.